The lowest BCUT2D eigenvalue weighted by atomic mass is 10.1. The molecule has 0 radical (unpaired) electrons. The summed E-state index contributed by atoms with van der Waals surface area (Å²) in [7, 11) is 1.45. The van der Waals surface area contributed by atoms with Gasteiger partial charge >= 0.3 is 0 Å². The lowest BCUT2D eigenvalue weighted by molar-refractivity contribution is -0.121. The second-order valence-electron chi connectivity index (χ2n) is 5.52. The number of halogens is 1. The van der Waals surface area contributed by atoms with E-state index in [-0.39, 0.29) is 25.0 Å². The zero-order valence-corrected chi connectivity index (χ0v) is 14.4. The number of benzene rings is 2. The fourth-order valence-corrected chi connectivity index (χ4v) is 2.77. The van der Waals surface area contributed by atoms with E-state index in [1.165, 1.54) is 7.11 Å². The molecule has 130 valence electrons. The van der Waals surface area contributed by atoms with Gasteiger partial charge in [0.15, 0.2) is 6.61 Å². The zero-order valence-electron chi connectivity index (χ0n) is 13.6. The average molecular weight is 361 g/mol. The Morgan fingerprint density at radius 3 is 2.88 bits per heavy atom. The van der Waals surface area contributed by atoms with E-state index in [1.54, 1.807) is 29.2 Å². The molecule has 1 aliphatic rings. The van der Waals surface area contributed by atoms with Gasteiger partial charge in [-0.3, -0.25) is 9.59 Å². The van der Waals surface area contributed by atoms with Gasteiger partial charge in [0.1, 0.15) is 12.4 Å². The predicted octanol–water partition coefficient (Wildman–Crippen LogP) is 2.85. The Morgan fingerprint density at radius 1 is 1.32 bits per heavy atom. The number of rotatable bonds is 5. The van der Waals surface area contributed by atoms with E-state index in [4.69, 9.17) is 21.1 Å². The van der Waals surface area contributed by atoms with Crippen LogP contribution in [0.2, 0.25) is 5.02 Å². The quantitative estimate of drug-likeness (QED) is 0.890. The molecule has 2 amide bonds. The van der Waals surface area contributed by atoms with Crippen molar-refractivity contribution >= 4 is 34.8 Å². The molecule has 0 aromatic heterocycles. The molecule has 3 rings (SSSR count). The molecule has 0 fully saturated rings. The molecule has 6 nitrogen and oxygen atoms in total. The molecule has 2 aromatic rings. The van der Waals surface area contributed by atoms with Gasteiger partial charge < -0.3 is 19.7 Å². The lowest BCUT2D eigenvalue weighted by Gasteiger charge is -2.30. The standard InChI is InChI=1S/C18H17ClN2O4/c1-24-10-17(22)20-13-6-7-16-15(8-13)21(18(23)11-25-16)9-12-4-2-3-5-14(12)19/h2-8H,9-11H2,1H3,(H,20,22). The summed E-state index contributed by atoms with van der Waals surface area (Å²) in [6.07, 6.45) is 0. The fraction of sp³-hybridized carbons (Fsp3) is 0.222. The topological polar surface area (TPSA) is 67.9 Å². The Morgan fingerprint density at radius 2 is 2.12 bits per heavy atom. The van der Waals surface area contributed by atoms with Crippen LogP contribution in [0.25, 0.3) is 0 Å². The number of hydrogen-bond acceptors (Lipinski definition) is 4. The molecule has 7 heteroatoms. The summed E-state index contributed by atoms with van der Waals surface area (Å²) in [4.78, 5) is 25.7. The first kappa shape index (κ1) is 17.3. The van der Waals surface area contributed by atoms with E-state index in [0.717, 1.165) is 5.56 Å². The second kappa shape index (κ2) is 7.55. The largest absolute Gasteiger partial charge is 0.482 e. The van der Waals surface area contributed by atoms with Crippen LogP contribution in [-0.4, -0.2) is 32.1 Å². The molecule has 0 saturated heterocycles. The smallest absolute Gasteiger partial charge is 0.265 e. The minimum Gasteiger partial charge on any atom is -0.482 e. The molecule has 0 saturated carbocycles. The number of nitrogens with zero attached hydrogens (tertiary/aromatic N) is 1. The summed E-state index contributed by atoms with van der Waals surface area (Å²) < 4.78 is 10.3. The highest BCUT2D eigenvalue weighted by Gasteiger charge is 2.26. The number of methoxy groups -OCH3 is 1. The monoisotopic (exact) mass is 360 g/mol. The summed E-state index contributed by atoms with van der Waals surface area (Å²) in [5, 5.41) is 3.31. The highest BCUT2D eigenvalue weighted by atomic mass is 35.5. The highest BCUT2D eigenvalue weighted by Crippen LogP contribution is 2.36. The van der Waals surface area contributed by atoms with Crippen LogP contribution in [0.15, 0.2) is 42.5 Å². The van der Waals surface area contributed by atoms with E-state index in [9.17, 15) is 9.59 Å². The molecule has 0 aliphatic carbocycles. The molecule has 0 spiro atoms. The average Bonchev–Trinajstić information content (AvgIpc) is 2.59. The van der Waals surface area contributed by atoms with Gasteiger partial charge in [-0.1, -0.05) is 29.8 Å². The first-order chi connectivity index (χ1) is 12.1. The number of carbonyl (C=O) groups excluding carboxylic acids is 2. The van der Waals surface area contributed by atoms with E-state index in [1.807, 2.05) is 18.2 Å². The third-order valence-corrected chi connectivity index (χ3v) is 4.12. The molecule has 2 aromatic carbocycles. The van der Waals surface area contributed by atoms with Crippen LogP contribution in [0.5, 0.6) is 5.75 Å². The number of nitrogens with one attached hydrogen (secondary N) is 1. The van der Waals surface area contributed by atoms with Gasteiger partial charge in [0.2, 0.25) is 5.91 Å². The molecule has 1 aliphatic heterocycles. The van der Waals surface area contributed by atoms with E-state index >= 15 is 0 Å². The Bertz CT molecular complexity index is 809. The third-order valence-electron chi connectivity index (χ3n) is 3.75. The maximum Gasteiger partial charge on any atom is 0.265 e. The lowest BCUT2D eigenvalue weighted by Crippen LogP contribution is -2.38. The van der Waals surface area contributed by atoms with Crippen molar-refractivity contribution in [3.63, 3.8) is 0 Å². The molecule has 0 bridgehead atoms. The number of hydrogen-bond donors (Lipinski definition) is 1. The van der Waals surface area contributed by atoms with E-state index < -0.39 is 0 Å². The summed E-state index contributed by atoms with van der Waals surface area (Å²) in [5.74, 6) is 0.132. The van der Waals surface area contributed by atoms with Crippen LogP contribution in [0.4, 0.5) is 11.4 Å². The molecule has 1 N–H and O–H groups in total. The van der Waals surface area contributed by atoms with E-state index in [2.05, 4.69) is 5.32 Å². The molecule has 25 heavy (non-hydrogen) atoms. The summed E-state index contributed by atoms with van der Waals surface area (Å²) in [6.45, 7) is 0.243. The van der Waals surface area contributed by atoms with Gasteiger partial charge in [0.25, 0.3) is 5.91 Å². The Kier molecular flexibility index (Phi) is 5.21. The Hall–Kier alpha value is -2.57. The summed E-state index contributed by atoms with van der Waals surface area (Å²) in [5.41, 5.74) is 1.98. The van der Waals surface area contributed by atoms with Crippen LogP contribution in [-0.2, 0) is 20.9 Å². The van der Waals surface area contributed by atoms with Crippen LogP contribution in [0.3, 0.4) is 0 Å². The fourth-order valence-electron chi connectivity index (χ4n) is 2.58. The van der Waals surface area contributed by atoms with Crippen LogP contribution in [0, 0.1) is 0 Å². The normalized spacial score (nSPS) is 13.2. The zero-order chi connectivity index (χ0) is 17.8. The minimum absolute atomic E-state index is 0.0349. The van der Waals surface area contributed by atoms with Crippen molar-refractivity contribution in [1.82, 2.24) is 0 Å². The summed E-state index contributed by atoms with van der Waals surface area (Å²) in [6, 6.07) is 12.5. The maximum absolute atomic E-state index is 12.4. The van der Waals surface area contributed by atoms with Gasteiger partial charge in [-0.2, -0.15) is 0 Å². The van der Waals surface area contributed by atoms with Gasteiger partial charge in [0, 0.05) is 17.8 Å². The minimum atomic E-state index is -0.275. The number of ether oxygens (including phenoxy) is 2. The van der Waals surface area contributed by atoms with Crippen LogP contribution in [0.1, 0.15) is 5.56 Å². The van der Waals surface area contributed by atoms with Gasteiger partial charge in [-0.05, 0) is 29.8 Å². The van der Waals surface area contributed by atoms with Crippen molar-refractivity contribution in [2.24, 2.45) is 0 Å². The van der Waals surface area contributed by atoms with Crippen LogP contribution < -0.4 is 15.0 Å². The first-order valence-corrected chi connectivity index (χ1v) is 8.05. The van der Waals surface area contributed by atoms with Gasteiger partial charge in [0.05, 0.1) is 12.2 Å². The maximum atomic E-state index is 12.4. The Labute approximate surface area is 150 Å². The molecule has 0 unspecified atom stereocenters. The van der Waals surface area contributed by atoms with Crippen molar-refractivity contribution < 1.29 is 19.1 Å². The number of amides is 2. The number of anilines is 2. The van der Waals surface area contributed by atoms with Gasteiger partial charge in [-0.25, -0.2) is 0 Å². The predicted molar refractivity (Wildman–Crippen MR) is 95.1 cm³/mol. The SMILES string of the molecule is COCC(=O)Nc1ccc2c(c1)N(Cc1ccccc1Cl)C(=O)CO2. The van der Waals surface area contributed by atoms with Crippen molar-refractivity contribution in [1.29, 1.82) is 0 Å². The highest BCUT2D eigenvalue weighted by molar-refractivity contribution is 6.31. The van der Waals surface area contributed by atoms with E-state index in [0.29, 0.717) is 28.7 Å². The molecular formula is C18H17ClN2O4. The third kappa shape index (κ3) is 3.92. The van der Waals surface area contributed by atoms with Crippen molar-refractivity contribution in [3.05, 3.63) is 53.1 Å². The number of fused-ring (bicyclic) bond motifs is 1. The second-order valence-corrected chi connectivity index (χ2v) is 5.93. The molecular weight excluding hydrogens is 344 g/mol. The van der Waals surface area contributed by atoms with Gasteiger partial charge in [-0.15, -0.1) is 0 Å². The Balaban J connectivity index is 1.89. The van der Waals surface area contributed by atoms with Crippen molar-refractivity contribution in [2.45, 2.75) is 6.54 Å². The first-order valence-electron chi connectivity index (χ1n) is 7.68. The molecule has 0 atom stereocenters. The van der Waals surface area contributed by atoms with Crippen LogP contribution >= 0.6 is 11.6 Å². The number of carbonyl (C=O) groups is 2. The summed E-state index contributed by atoms with van der Waals surface area (Å²) >= 11 is 6.21. The van der Waals surface area contributed by atoms with Crippen molar-refractivity contribution in [3.8, 4) is 5.75 Å². The van der Waals surface area contributed by atoms with Crippen molar-refractivity contribution in [2.75, 3.05) is 30.5 Å². The molecule has 1 heterocycles.